The number of ether oxygens (including phenoxy) is 2. The van der Waals surface area contributed by atoms with Crippen molar-refractivity contribution in [3.63, 3.8) is 0 Å². The number of halogens is 1. The van der Waals surface area contributed by atoms with Crippen LogP contribution in [0.25, 0.3) is 0 Å². The van der Waals surface area contributed by atoms with Gasteiger partial charge in [0.05, 0.1) is 0 Å². The first-order valence-electron chi connectivity index (χ1n) is 4.59. The molecule has 0 bridgehead atoms. The van der Waals surface area contributed by atoms with Gasteiger partial charge in [0.15, 0.2) is 0 Å². The van der Waals surface area contributed by atoms with Crippen molar-refractivity contribution in [2.24, 2.45) is 0 Å². The molecule has 0 saturated heterocycles. The summed E-state index contributed by atoms with van der Waals surface area (Å²) in [6.45, 7) is 2.63. The highest BCUT2D eigenvalue weighted by molar-refractivity contribution is 9.08. The van der Waals surface area contributed by atoms with Crippen LogP contribution < -0.4 is 9.47 Å². The van der Waals surface area contributed by atoms with Crippen molar-refractivity contribution in [1.82, 2.24) is 0 Å². The molecule has 1 aromatic carbocycles. The van der Waals surface area contributed by atoms with Crippen molar-refractivity contribution < 1.29 is 19.1 Å². The van der Waals surface area contributed by atoms with E-state index in [4.69, 9.17) is 9.47 Å². The lowest BCUT2D eigenvalue weighted by molar-refractivity contribution is -0.132. The van der Waals surface area contributed by atoms with Crippen LogP contribution in [0, 0.1) is 0 Å². The average Bonchev–Trinajstić information content (AvgIpc) is 2.16. The van der Waals surface area contributed by atoms with Crippen LogP contribution in [0.4, 0.5) is 0 Å². The summed E-state index contributed by atoms with van der Waals surface area (Å²) in [7, 11) is 0. The molecule has 4 nitrogen and oxygen atoms in total. The maximum absolute atomic E-state index is 10.9. The Morgan fingerprint density at radius 2 is 1.56 bits per heavy atom. The lowest BCUT2D eigenvalue weighted by Gasteiger charge is -2.11. The third-order valence-electron chi connectivity index (χ3n) is 1.73. The Labute approximate surface area is 102 Å². The quantitative estimate of drug-likeness (QED) is 0.487. The van der Waals surface area contributed by atoms with Crippen molar-refractivity contribution in [1.29, 1.82) is 0 Å². The lowest BCUT2D eigenvalue weighted by atomic mass is 10.2. The molecule has 0 amide bonds. The molecule has 0 aromatic heterocycles. The van der Waals surface area contributed by atoms with Crippen LogP contribution in [0.3, 0.4) is 0 Å². The van der Waals surface area contributed by atoms with Gasteiger partial charge in [0.1, 0.15) is 11.5 Å². The van der Waals surface area contributed by atoms with Crippen LogP contribution in [-0.4, -0.2) is 11.9 Å². The zero-order valence-electron chi connectivity index (χ0n) is 8.95. The van der Waals surface area contributed by atoms with Gasteiger partial charge in [-0.2, -0.15) is 0 Å². The van der Waals surface area contributed by atoms with E-state index in [1.54, 1.807) is 18.2 Å². The van der Waals surface area contributed by atoms with Gasteiger partial charge in [-0.1, -0.05) is 22.0 Å². The number of benzene rings is 1. The second kappa shape index (κ2) is 5.65. The first-order chi connectivity index (χ1) is 7.54. The minimum atomic E-state index is -0.415. The summed E-state index contributed by atoms with van der Waals surface area (Å²) in [5.41, 5.74) is 0.632. The molecule has 86 valence electrons. The van der Waals surface area contributed by atoms with Crippen molar-refractivity contribution in [2.75, 3.05) is 0 Å². The molecular weight excluding hydrogens is 276 g/mol. The first kappa shape index (κ1) is 12.7. The van der Waals surface area contributed by atoms with E-state index in [2.05, 4.69) is 15.9 Å². The van der Waals surface area contributed by atoms with Gasteiger partial charge in [0, 0.05) is 24.7 Å². The Balaban J connectivity index is 3.09. The number of esters is 2. The maximum atomic E-state index is 10.9. The standard InChI is InChI=1S/C11H11BrO4/c1-7(13)15-10-4-3-5-11(9(10)6-12)16-8(2)14/h3-5H,6H2,1-2H3. The molecule has 16 heavy (non-hydrogen) atoms. The second-order valence-corrected chi connectivity index (χ2v) is 3.61. The van der Waals surface area contributed by atoms with Crippen LogP contribution in [0.15, 0.2) is 18.2 Å². The number of alkyl halides is 1. The molecule has 0 atom stereocenters. The number of rotatable bonds is 3. The highest BCUT2D eigenvalue weighted by atomic mass is 79.9. The van der Waals surface area contributed by atoms with Crippen molar-refractivity contribution in [3.05, 3.63) is 23.8 Å². The molecule has 0 aliphatic rings. The van der Waals surface area contributed by atoms with Gasteiger partial charge in [0.2, 0.25) is 0 Å². The molecule has 0 radical (unpaired) electrons. The Kier molecular flexibility index (Phi) is 4.49. The summed E-state index contributed by atoms with van der Waals surface area (Å²) < 4.78 is 10.00. The summed E-state index contributed by atoms with van der Waals surface area (Å²) in [5.74, 6) is -0.0457. The van der Waals surface area contributed by atoms with E-state index in [9.17, 15) is 9.59 Å². The van der Waals surface area contributed by atoms with Gasteiger partial charge in [-0.05, 0) is 12.1 Å². The van der Waals surface area contributed by atoms with Crippen LogP contribution in [0.2, 0.25) is 0 Å². The molecule has 0 saturated carbocycles. The molecule has 0 unspecified atom stereocenters. The second-order valence-electron chi connectivity index (χ2n) is 3.05. The third-order valence-corrected chi connectivity index (χ3v) is 2.29. The van der Waals surface area contributed by atoms with E-state index in [-0.39, 0.29) is 0 Å². The predicted molar refractivity (Wildman–Crippen MR) is 61.7 cm³/mol. The molecule has 1 rings (SSSR count). The largest absolute Gasteiger partial charge is 0.426 e. The van der Waals surface area contributed by atoms with Gasteiger partial charge in [-0.25, -0.2) is 0 Å². The maximum Gasteiger partial charge on any atom is 0.308 e. The van der Waals surface area contributed by atoms with E-state index in [0.717, 1.165) is 0 Å². The molecular formula is C11H11BrO4. The smallest absolute Gasteiger partial charge is 0.308 e. The Hall–Kier alpha value is -1.36. The van der Waals surface area contributed by atoms with E-state index in [1.165, 1.54) is 13.8 Å². The minimum absolute atomic E-state index is 0.392. The number of carbonyl (C=O) groups is 2. The lowest BCUT2D eigenvalue weighted by Crippen LogP contribution is -2.07. The SMILES string of the molecule is CC(=O)Oc1cccc(OC(C)=O)c1CBr. The minimum Gasteiger partial charge on any atom is -0.426 e. The summed E-state index contributed by atoms with van der Waals surface area (Å²) in [6, 6.07) is 4.94. The van der Waals surface area contributed by atoms with Crippen LogP contribution in [-0.2, 0) is 14.9 Å². The van der Waals surface area contributed by atoms with Gasteiger partial charge < -0.3 is 9.47 Å². The predicted octanol–water partition coefficient (Wildman–Crippen LogP) is 2.43. The normalized spacial score (nSPS) is 9.69. The van der Waals surface area contributed by atoms with Gasteiger partial charge in [-0.15, -0.1) is 0 Å². The molecule has 0 fully saturated rings. The fraction of sp³-hybridized carbons (Fsp3) is 0.273. The molecule has 0 aliphatic carbocycles. The number of carbonyl (C=O) groups excluding carboxylic acids is 2. The molecule has 0 spiro atoms. The van der Waals surface area contributed by atoms with Crippen molar-refractivity contribution in [2.45, 2.75) is 19.2 Å². The molecule has 0 heterocycles. The summed E-state index contributed by atoms with van der Waals surface area (Å²) in [6.07, 6.45) is 0. The fourth-order valence-electron chi connectivity index (χ4n) is 1.18. The Morgan fingerprint density at radius 3 is 1.88 bits per heavy atom. The zero-order chi connectivity index (χ0) is 12.1. The van der Waals surface area contributed by atoms with E-state index in [1.807, 2.05) is 0 Å². The van der Waals surface area contributed by atoms with E-state index < -0.39 is 11.9 Å². The monoisotopic (exact) mass is 286 g/mol. The van der Waals surface area contributed by atoms with Crippen LogP contribution in [0.5, 0.6) is 11.5 Å². The molecule has 0 N–H and O–H groups in total. The summed E-state index contributed by atoms with van der Waals surface area (Å²) >= 11 is 3.26. The van der Waals surface area contributed by atoms with E-state index in [0.29, 0.717) is 22.4 Å². The van der Waals surface area contributed by atoms with Crippen molar-refractivity contribution >= 4 is 27.9 Å². The van der Waals surface area contributed by atoms with Crippen LogP contribution in [0.1, 0.15) is 19.4 Å². The Bertz CT molecular complexity index is 380. The highest BCUT2D eigenvalue weighted by Gasteiger charge is 2.12. The third kappa shape index (κ3) is 3.34. The van der Waals surface area contributed by atoms with Gasteiger partial charge in [0.25, 0.3) is 0 Å². The number of hydrogen-bond donors (Lipinski definition) is 0. The molecule has 1 aromatic rings. The van der Waals surface area contributed by atoms with Gasteiger partial charge in [-0.3, -0.25) is 9.59 Å². The topological polar surface area (TPSA) is 52.6 Å². The van der Waals surface area contributed by atoms with Gasteiger partial charge >= 0.3 is 11.9 Å². The molecule has 0 aliphatic heterocycles. The van der Waals surface area contributed by atoms with Crippen molar-refractivity contribution in [3.8, 4) is 11.5 Å². The molecule has 5 heteroatoms. The average molecular weight is 287 g/mol. The summed E-state index contributed by atoms with van der Waals surface area (Å²) in [4.78, 5) is 21.7. The summed E-state index contributed by atoms with van der Waals surface area (Å²) in [5, 5.41) is 0.430. The fourth-order valence-corrected chi connectivity index (χ4v) is 1.73. The Morgan fingerprint density at radius 1 is 1.12 bits per heavy atom. The first-order valence-corrected chi connectivity index (χ1v) is 5.71. The van der Waals surface area contributed by atoms with Crippen LogP contribution >= 0.6 is 15.9 Å². The zero-order valence-corrected chi connectivity index (χ0v) is 10.5. The highest BCUT2D eigenvalue weighted by Crippen LogP contribution is 2.30. The van der Waals surface area contributed by atoms with E-state index >= 15 is 0 Å². The number of hydrogen-bond acceptors (Lipinski definition) is 4.